The second kappa shape index (κ2) is 4.61. The van der Waals surface area contributed by atoms with E-state index in [0.29, 0.717) is 18.0 Å². The van der Waals surface area contributed by atoms with Crippen molar-refractivity contribution in [1.29, 1.82) is 0 Å². The van der Waals surface area contributed by atoms with Crippen LogP contribution in [0.25, 0.3) is 11.4 Å². The van der Waals surface area contributed by atoms with E-state index in [4.69, 9.17) is 4.74 Å². The van der Waals surface area contributed by atoms with Gasteiger partial charge < -0.3 is 9.72 Å². The number of nitrogens with zero attached hydrogens (tertiary/aromatic N) is 1. The van der Waals surface area contributed by atoms with Gasteiger partial charge in [-0.1, -0.05) is 18.2 Å². The van der Waals surface area contributed by atoms with Crippen LogP contribution in [-0.4, -0.2) is 22.5 Å². The SMILES string of the molecule is CCOC(=O)c1ccccc1-c1ncc[nH]1. The van der Waals surface area contributed by atoms with Crippen LogP contribution in [0.15, 0.2) is 36.7 Å². The topological polar surface area (TPSA) is 55.0 Å². The summed E-state index contributed by atoms with van der Waals surface area (Å²) in [5.74, 6) is 0.346. The number of aromatic amines is 1. The summed E-state index contributed by atoms with van der Waals surface area (Å²) in [4.78, 5) is 18.8. The first-order valence-electron chi connectivity index (χ1n) is 5.09. The van der Waals surface area contributed by atoms with Gasteiger partial charge in [0.2, 0.25) is 0 Å². The van der Waals surface area contributed by atoms with Crippen LogP contribution in [0.3, 0.4) is 0 Å². The van der Waals surface area contributed by atoms with Gasteiger partial charge in [-0.25, -0.2) is 9.78 Å². The zero-order valence-electron chi connectivity index (χ0n) is 8.93. The molecule has 1 aromatic heterocycles. The lowest BCUT2D eigenvalue weighted by atomic mass is 10.1. The number of imidazole rings is 1. The molecule has 0 saturated heterocycles. The Bertz CT molecular complexity index is 478. The number of ether oxygens (including phenoxy) is 1. The van der Waals surface area contributed by atoms with Crippen LogP contribution in [0, 0.1) is 0 Å². The molecule has 0 saturated carbocycles. The largest absolute Gasteiger partial charge is 0.462 e. The minimum Gasteiger partial charge on any atom is -0.462 e. The van der Waals surface area contributed by atoms with E-state index >= 15 is 0 Å². The predicted molar refractivity (Wildman–Crippen MR) is 60.0 cm³/mol. The molecule has 0 aliphatic rings. The Morgan fingerprint density at radius 1 is 1.44 bits per heavy atom. The van der Waals surface area contributed by atoms with E-state index < -0.39 is 0 Å². The number of carbonyl (C=O) groups is 1. The molecule has 2 aromatic rings. The van der Waals surface area contributed by atoms with Crippen LogP contribution < -0.4 is 0 Å². The standard InChI is InChI=1S/C12H12N2O2/c1-2-16-12(15)10-6-4-3-5-9(10)11-13-7-8-14-11/h3-8H,2H2,1H3,(H,13,14). The third-order valence-corrected chi connectivity index (χ3v) is 2.18. The highest BCUT2D eigenvalue weighted by atomic mass is 16.5. The Morgan fingerprint density at radius 3 is 2.94 bits per heavy atom. The minimum atomic E-state index is -0.325. The summed E-state index contributed by atoms with van der Waals surface area (Å²) in [5, 5.41) is 0. The molecule has 1 heterocycles. The second-order valence-corrected chi connectivity index (χ2v) is 3.20. The summed E-state index contributed by atoms with van der Waals surface area (Å²) < 4.78 is 4.99. The first kappa shape index (κ1) is 10.4. The normalized spacial score (nSPS) is 10.1. The van der Waals surface area contributed by atoms with E-state index in [2.05, 4.69) is 9.97 Å². The number of rotatable bonds is 3. The molecule has 82 valence electrons. The highest BCUT2D eigenvalue weighted by Crippen LogP contribution is 2.20. The van der Waals surface area contributed by atoms with Gasteiger partial charge in [0, 0.05) is 18.0 Å². The maximum absolute atomic E-state index is 11.7. The summed E-state index contributed by atoms with van der Waals surface area (Å²) in [6, 6.07) is 7.24. The number of hydrogen-bond acceptors (Lipinski definition) is 3. The first-order valence-corrected chi connectivity index (χ1v) is 5.09. The molecule has 0 spiro atoms. The van der Waals surface area contributed by atoms with E-state index in [1.165, 1.54) is 0 Å². The summed E-state index contributed by atoms with van der Waals surface area (Å²) in [7, 11) is 0. The molecule has 0 amide bonds. The van der Waals surface area contributed by atoms with E-state index in [9.17, 15) is 4.79 Å². The van der Waals surface area contributed by atoms with Gasteiger partial charge in [0.15, 0.2) is 0 Å². The van der Waals surface area contributed by atoms with Crippen molar-refractivity contribution in [3.8, 4) is 11.4 Å². The first-order chi connectivity index (χ1) is 7.83. The molecule has 0 aliphatic carbocycles. The van der Waals surface area contributed by atoms with E-state index in [1.807, 2.05) is 12.1 Å². The second-order valence-electron chi connectivity index (χ2n) is 3.20. The summed E-state index contributed by atoms with van der Waals surface area (Å²) >= 11 is 0. The van der Waals surface area contributed by atoms with Crippen molar-refractivity contribution in [2.45, 2.75) is 6.92 Å². The smallest absolute Gasteiger partial charge is 0.338 e. The zero-order valence-corrected chi connectivity index (χ0v) is 8.93. The Hall–Kier alpha value is -2.10. The molecule has 2 rings (SSSR count). The monoisotopic (exact) mass is 216 g/mol. The molecular weight excluding hydrogens is 204 g/mol. The molecule has 4 heteroatoms. The molecule has 0 radical (unpaired) electrons. The van der Waals surface area contributed by atoms with Gasteiger partial charge in [-0.3, -0.25) is 0 Å². The van der Waals surface area contributed by atoms with Crippen molar-refractivity contribution >= 4 is 5.97 Å². The molecule has 1 N–H and O–H groups in total. The quantitative estimate of drug-likeness (QED) is 0.800. The molecule has 1 aromatic carbocycles. The molecule has 16 heavy (non-hydrogen) atoms. The van der Waals surface area contributed by atoms with Crippen LogP contribution in [0.1, 0.15) is 17.3 Å². The van der Waals surface area contributed by atoms with Crippen LogP contribution in [0.4, 0.5) is 0 Å². The van der Waals surface area contributed by atoms with Crippen molar-refractivity contribution in [2.75, 3.05) is 6.61 Å². The van der Waals surface area contributed by atoms with Crippen molar-refractivity contribution in [3.63, 3.8) is 0 Å². The van der Waals surface area contributed by atoms with Crippen LogP contribution in [0.5, 0.6) is 0 Å². The van der Waals surface area contributed by atoms with Gasteiger partial charge in [0.25, 0.3) is 0 Å². The summed E-state index contributed by atoms with van der Waals surface area (Å²) in [6.45, 7) is 2.15. The fourth-order valence-corrected chi connectivity index (χ4v) is 1.49. The number of benzene rings is 1. The Balaban J connectivity index is 2.42. The van der Waals surface area contributed by atoms with Crippen LogP contribution >= 0.6 is 0 Å². The summed E-state index contributed by atoms with van der Waals surface area (Å²) in [5.41, 5.74) is 1.28. The fraction of sp³-hybridized carbons (Fsp3) is 0.167. The number of H-pyrrole nitrogens is 1. The molecular formula is C12H12N2O2. The molecule has 0 unspecified atom stereocenters. The molecule has 0 bridgehead atoms. The summed E-state index contributed by atoms with van der Waals surface area (Å²) in [6.07, 6.45) is 3.37. The number of hydrogen-bond donors (Lipinski definition) is 1. The Morgan fingerprint density at radius 2 is 2.25 bits per heavy atom. The van der Waals surface area contributed by atoms with E-state index in [1.54, 1.807) is 31.5 Å². The average Bonchev–Trinajstić information content (AvgIpc) is 2.83. The number of nitrogens with one attached hydrogen (secondary N) is 1. The zero-order chi connectivity index (χ0) is 11.4. The molecule has 0 atom stereocenters. The number of carbonyl (C=O) groups excluding carboxylic acids is 1. The Kier molecular flexibility index (Phi) is 3.00. The number of esters is 1. The minimum absolute atomic E-state index is 0.325. The van der Waals surface area contributed by atoms with Crippen molar-refractivity contribution in [3.05, 3.63) is 42.2 Å². The molecule has 0 fully saturated rings. The lowest BCUT2D eigenvalue weighted by Gasteiger charge is -2.06. The van der Waals surface area contributed by atoms with Gasteiger partial charge in [0.1, 0.15) is 5.82 Å². The molecule has 4 nitrogen and oxygen atoms in total. The van der Waals surface area contributed by atoms with Gasteiger partial charge in [-0.2, -0.15) is 0 Å². The van der Waals surface area contributed by atoms with Crippen molar-refractivity contribution in [2.24, 2.45) is 0 Å². The van der Waals surface area contributed by atoms with Crippen molar-refractivity contribution < 1.29 is 9.53 Å². The highest BCUT2D eigenvalue weighted by Gasteiger charge is 2.13. The van der Waals surface area contributed by atoms with Crippen molar-refractivity contribution in [1.82, 2.24) is 9.97 Å². The van der Waals surface area contributed by atoms with E-state index in [0.717, 1.165) is 5.56 Å². The Labute approximate surface area is 93.3 Å². The maximum atomic E-state index is 11.7. The van der Waals surface area contributed by atoms with Crippen LogP contribution in [-0.2, 0) is 4.74 Å². The van der Waals surface area contributed by atoms with Gasteiger partial charge in [-0.05, 0) is 13.0 Å². The lowest BCUT2D eigenvalue weighted by molar-refractivity contribution is 0.0527. The third-order valence-electron chi connectivity index (χ3n) is 2.18. The number of aromatic nitrogens is 2. The predicted octanol–water partition coefficient (Wildman–Crippen LogP) is 2.25. The maximum Gasteiger partial charge on any atom is 0.338 e. The fourth-order valence-electron chi connectivity index (χ4n) is 1.49. The van der Waals surface area contributed by atoms with Gasteiger partial charge >= 0.3 is 5.97 Å². The third kappa shape index (κ3) is 1.95. The van der Waals surface area contributed by atoms with Gasteiger partial charge in [0.05, 0.1) is 12.2 Å². The van der Waals surface area contributed by atoms with Gasteiger partial charge in [-0.15, -0.1) is 0 Å². The van der Waals surface area contributed by atoms with E-state index in [-0.39, 0.29) is 5.97 Å². The highest BCUT2D eigenvalue weighted by molar-refractivity contribution is 5.96. The van der Waals surface area contributed by atoms with Crippen LogP contribution in [0.2, 0.25) is 0 Å². The molecule has 0 aliphatic heterocycles. The average molecular weight is 216 g/mol. The lowest BCUT2D eigenvalue weighted by Crippen LogP contribution is -2.06.